The van der Waals surface area contributed by atoms with E-state index in [4.69, 9.17) is 18.9 Å². The molecule has 4 bridgehead atoms. The molecule has 2 aromatic rings. The lowest BCUT2D eigenvalue weighted by Gasteiger charge is -2.63. The molecule has 48 heavy (non-hydrogen) atoms. The molecule has 1 heterocycles. The predicted molar refractivity (Wildman–Crippen MR) is 186 cm³/mol. The van der Waals surface area contributed by atoms with E-state index in [0.29, 0.717) is 38.1 Å². The zero-order valence-corrected chi connectivity index (χ0v) is 29.2. The highest BCUT2D eigenvalue weighted by Gasteiger charge is 2.88. The van der Waals surface area contributed by atoms with E-state index in [1.54, 1.807) is 0 Å². The van der Waals surface area contributed by atoms with Gasteiger partial charge in [0.2, 0.25) is 0 Å². The summed E-state index contributed by atoms with van der Waals surface area (Å²) in [5.74, 6) is 0.825. The van der Waals surface area contributed by atoms with Gasteiger partial charge in [0.25, 0.3) is 0 Å². The van der Waals surface area contributed by atoms with Crippen molar-refractivity contribution in [1.29, 1.82) is 0 Å². The Labute approximate surface area is 286 Å². The highest BCUT2D eigenvalue weighted by molar-refractivity contribution is 5.87. The topological polar surface area (TPSA) is 74.2 Å². The quantitative estimate of drug-likeness (QED) is 0.174. The van der Waals surface area contributed by atoms with Crippen LogP contribution in [-0.4, -0.2) is 49.4 Å². The third-order valence-corrected chi connectivity index (χ3v) is 13.1. The summed E-state index contributed by atoms with van der Waals surface area (Å²) in [4.78, 5) is 16.0. The molecule has 6 nitrogen and oxygen atoms in total. The molecule has 0 amide bonds. The first-order chi connectivity index (χ1) is 23.3. The van der Waals surface area contributed by atoms with Crippen LogP contribution in [0.3, 0.4) is 0 Å². The van der Waals surface area contributed by atoms with Crippen LogP contribution in [-0.2, 0) is 23.7 Å². The zero-order valence-electron chi connectivity index (χ0n) is 29.2. The molecule has 7 rings (SSSR count). The maximum Gasteiger partial charge on any atom is 0.318 e. The molecule has 1 aliphatic heterocycles. The van der Waals surface area contributed by atoms with Gasteiger partial charge in [-0.1, -0.05) is 113 Å². The number of fused-ring (bicyclic) bond motifs is 2. The molecule has 6 heteroatoms. The molecule has 4 aliphatic carbocycles. The Bertz CT molecular complexity index is 1440. The molecular weight excluding hydrogens is 600 g/mol. The summed E-state index contributed by atoms with van der Waals surface area (Å²) < 4.78 is 26.4. The van der Waals surface area contributed by atoms with E-state index in [0.717, 1.165) is 48.8 Å². The standard InChI is InChI=1S/C42H54O6/c1-6-20-45-32(7-2)24-36(43)40-26-33-28(5)18-19-34(33)41(39-46-21-22-47-39)25-31(40)23-35(27(3)4)42(40,41)38(44)48-37(29-14-10-8-11-15-29)30-16-12-9-13-17-30/h7-17,23,27-28,31-34,36-37,39,43H,2,6,18-22,24-26H2,1,3-5H3/t28-,31?,32?,33-,34-,36-,40?,41?,42?/m1/s1. The van der Waals surface area contributed by atoms with Gasteiger partial charge in [-0.15, -0.1) is 6.58 Å². The molecule has 9 atom stereocenters. The van der Waals surface area contributed by atoms with Crippen molar-refractivity contribution in [2.45, 2.75) is 90.8 Å². The molecule has 0 radical (unpaired) electrons. The summed E-state index contributed by atoms with van der Waals surface area (Å²) in [5, 5.41) is 12.9. The highest BCUT2D eigenvalue weighted by atomic mass is 16.7. The molecule has 3 saturated carbocycles. The number of allylic oxidation sites excluding steroid dienone is 1. The van der Waals surface area contributed by atoms with Crippen LogP contribution in [0, 0.1) is 45.8 Å². The molecule has 1 saturated heterocycles. The average Bonchev–Trinajstić information content (AvgIpc) is 3.88. The lowest BCUT2D eigenvalue weighted by Crippen LogP contribution is -2.68. The average molecular weight is 655 g/mol. The molecular formula is C42H54O6. The number of esters is 1. The SMILES string of the molecule is C=CC(C[C@@H](O)C12C[C@@H]3[C@H](C)CC[C@H]3C3(C4OCCO4)CC1C=C(C(C)C)C23C(=O)OC(c1ccccc1)c1ccccc1)OCCC. The van der Waals surface area contributed by atoms with Crippen molar-refractivity contribution >= 4 is 5.97 Å². The van der Waals surface area contributed by atoms with Crippen LogP contribution in [0.5, 0.6) is 0 Å². The minimum absolute atomic E-state index is 0.0217. The Balaban J connectivity index is 1.44. The van der Waals surface area contributed by atoms with Gasteiger partial charge in [-0.05, 0) is 66.4 Å². The van der Waals surface area contributed by atoms with Gasteiger partial charge in [-0.2, -0.15) is 0 Å². The third-order valence-electron chi connectivity index (χ3n) is 13.1. The number of ether oxygens (including phenoxy) is 4. The minimum Gasteiger partial charge on any atom is -0.452 e. The monoisotopic (exact) mass is 654 g/mol. The lowest BCUT2D eigenvalue weighted by atomic mass is 9.40. The fourth-order valence-corrected chi connectivity index (χ4v) is 11.4. The number of carbonyl (C=O) groups is 1. The van der Waals surface area contributed by atoms with Crippen molar-refractivity contribution in [1.82, 2.24) is 0 Å². The molecule has 5 unspecified atom stereocenters. The van der Waals surface area contributed by atoms with Crippen LogP contribution in [0.2, 0.25) is 0 Å². The Morgan fingerprint density at radius 1 is 1.02 bits per heavy atom. The molecule has 4 fully saturated rings. The Morgan fingerprint density at radius 2 is 1.67 bits per heavy atom. The summed E-state index contributed by atoms with van der Waals surface area (Å²) in [5.41, 5.74) is 0.324. The summed E-state index contributed by atoms with van der Waals surface area (Å²) >= 11 is 0. The number of aliphatic hydroxyl groups excluding tert-OH is 1. The maximum atomic E-state index is 16.0. The largest absolute Gasteiger partial charge is 0.452 e. The van der Waals surface area contributed by atoms with Crippen molar-refractivity contribution in [2.24, 2.45) is 45.8 Å². The normalized spacial score (nSPS) is 35.1. The predicted octanol–water partition coefficient (Wildman–Crippen LogP) is 8.07. The van der Waals surface area contributed by atoms with Gasteiger partial charge >= 0.3 is 5.97 Å². The van der Waals surface area contributed by atoms with E-state index < -0.39 is 34.7 Å². The number of rotatable bonds is 13. The number of carbonyl (C=O) groups excluding carboxylic acids is 1. The van der Waals surface area contributed by atoms with Crippen LogP contribution in [0.25, 0.3) is 0 Å². The Morgan fingerprint density at radius 3 is 2.25 bits per heavy atom. The number of aliphatic hydroxyl groups is 1. The van der Waals surface area contributed by atoms with Gasteiger partial charge in [0.15, 0.2) is 12.4 Å². The van der Waals surface area contributed by atoms with Crippen LogP contribution < -0.4 is 0 Å². The fourth-order valence-electron chi connectivity index (χ4n) is 11.4. The second-order valence-corrected chi connectivity index (χ2v) is 15.5. The first-order valence-corrected chi connectivity index (χ1v) is 18.4. The van der Waals surface area contributed by atoms with Gasteiger partial charge in [0, 0.05) is 23.9 Å². The van der Waals surface area contributed by atoms with E-state index in [1.165, 1.54) is 0 Å². The number of hydrogen-bond donors (Lipinski definition) is 1. The van der Waals surface area contributed by atoms with Gasteiger partial charge < -0.3 is 24.1 Å². The van der Waals surface area contributed by atoms with Gasteiger partial charge in [0.1, 0.15) is 5.41 Å². The van der Waals surface area contributed by atoms with Crippen molar-refractivity contribution in [2.75, 3.05) is 19.8 Å². The van der Waals surface area contributed by atoms with Crippen molar-refractivity contribution < 1.29 is 28.8 Å². The second kappa shape index (κ2) is 13.2. The van der Waals surface area contributed by atoms with Crippen LogP contribution in [0.1, 0.15) is 83.5 Å². The van der Waals surface area contributed by atoms with Crippen LogP contribution in [0.15, 0.2) is 85.0 Å². The van der Waals surface area contributed by atoms with Crippen LogP contribution in [0.4, 0.5) is 0 Å². The maximum absolute atomic E-state index is 16.0. The summed E-state index contributed by atoms with van der Waals surface area (Å²) in [6.07, 6.45) is 6.76. The van der Waals surface area contributed by atoms with E-state index in [-0.39, 0.29) is 29.8 Å². The fraction of sp³-hybridized carbons (Fsp3) is 0.595. The van der Waals surface area contributed by atoms with Gasteiger partial charge in [-0.25, -0.2) is 0 Å². The molecule has 0 aromatic heterocycles. The lowest BCUT2D eigenvalue weighted by molar-refractivity contribution is -0.255. The number of benzene rings is 2. The molecule has 2 aromatic carbocycles. The summed E-state index contributed by atoms with van der Waals surface area (Å²) in [6, 6.07) is 20.1. The molecule has 1 N–H and O–H groups in total. The second-order valence-electron chi connectivity index (χ2n) is 15.5. The first-order valence-electron chi connectivity index (χ1n) is 18.4. The zero-order chi connectivity index (χ0) is 33.7. The van der Waals surface area contributed by atoms with Crippen molar-refractivity contribution in [3.8, 4) is 0 Å². The van der Waals surface area contributed by atoms with Gasteiger partial charge in [0.05, 0.1) is 25.4 Å². The van der Waals surface area contributed by atoms with Gasteiger partial charge in [-0.3, -0.25) is 4.79 Å². The molecule has 5 aliphatic rings. The first kappa shape index (κ1) is 33.7. The molecule has 258 valence electrons. The highest BCUT2D eigenvalue weighted by Crippen LogP contribution is 2.85. The van der Waals surface area contributed by atoms with E-state index in [1.807, 2.05) is 66.7 Å². The Hall–Kier alpha value is -2.77. The Kier molecular flexibility index (Phi) is 9.25. The smallest absolute Gasteiger partial charge is 0.318 e. The van der Waals surface area contributed by atoms with Crippen molar-refractivity contribution in [3.05, 3.63) is 96.1 Å². The van der Waals surface area contributed by atoms with E-state index in [9.17, 15) is 5.11 Å². The summed E-state index contributed by atoms with van der Waals surface area (Å²) in [7, 11) is 0. The summed E-state index contributed by atoms with van der Waals surface area (Å²) in [6.45, 7) is 14.5. The number of hydrogen-bond acceptors (Lipinski definition) is 6. The van der Waals surface area contributed by atoms with Crippen molar-refractivity contribution in [3.63, 3.8) is 0 Å². The third kappa shape index (κ3) is 4.76. The van der Waals surface area contributed by atoms with E-state index in [2.05, 4.69) is 40.3 Å². The molecule has 0 spiro atoms. The van der Waals surface area contributed by atoms with E-state index >= 15 is 4.79 Å². The van der Waals surface area contributed by atoms with Crippen LogP contribution >= 0.6 is 0 Å². The minimum atomic E-state index is -1.14.